The van der Waals surface area contributed by atoms with Gasteiger partial charge in [-0.15, -0.1) is 0 Å². The third-order valence-electron chi connectivity index (χ3n) is 2.88. The molecule has 1 heterocycles. The Morgan fingerprint density at radius 2 is 2.05 bits per heavy atom. The molecule has 21 heavy (non-hydrogen) atoms. The van der Waals surface area contributed by atoms with Gasteiger partial charge in [-0.1, -0.05) is 13.8 Å². The van der Waals surface area contributed by atoms with Crippen LogP contribution < -0.4 is 10.2 Å². The highest BCUT2D eigenvalue weighted by Gasteiger charge is 2.18. The van der Waals surface area contributed by atoms with Crippen LogP contribution in [0.5, 0.6) is 0 Å². The lowest BCUT2D eigenvalue weighted by Gasteiger charge is -2.24. The Morgan fingerprint density at radius 3 is 2.62 bits per heavy atom. The Morgan fingerprint density at radius 1 is 1.33 bits per heavy atom. The van der Waals surface area contributed by atoms with Crippen molar-refractivity contribution in [2.45, 2.75) is 26.7 Å². The van der Waals surface area contributed by atoms with Crippen molar-refractivity contribution >= 4 is 17.7 Å². The van der Waals surface area contributed by atoms with Gasteiger partial charge in [0.15, 0.2) is 11.6 Å². The maximum Gasteiger partial charge on any atom is 0.241 e. The smallest absolute Gasteiger partial charge is 0.241 e. The number of likely N-dealkylation sites (N-methyl/N-ethyl adjacent to an activating group) is 1. The summed E-state index contributed by atoms with van der Waals surface area (Å²) >= 11 is 0. The first-order valence-corrected chi connectivity index (χ1v) is 7.21. The third-order valence-corrected chi connectivity index (χ3v) is 2.88. The molecule has 0 unspecified atom stereocenters. The fraction of sp³-hybridized carbons (Fsp3) is 0.643. The summed E-state index contributed by atoms with van der Waals surface area (Å²) in [5.74, 6) is -0.0612. The molecule has 1 rings (SSSR count). The number of amides is 1. The van der Waals surface area contributed by atoms with Crippen molar-refractivity contribution in [1.82, 2.24) is 14.9 Å². The first-order valence-electron chi connectivity index (χ1n) is 7.21. The van der Waals surface area contributed by atoms with Crippen molar-refractivity contribution in [2.75, 3.05) is 43.9 Å². The first kappa shape index (κ1) is 17.1. The van der Waals surface area contributed by atoms with Crippen molar-refractivity contribution in [1.29, 1.82) is 0 Å². The number of nitrogens with one attached hydrogen (secondary N) is 1. The van der Waals surface area contributed by atoms with E-state index in [1.54, 1.807) is 19.0 Å². The molecule has 0 aliphatic heterocycles. The van der Waals surface area contributed by atoms with Crippen molar-refractivity contribution < 1.29 is 9.18 Å². The number of halogens is 1. The Labute approximate surface area is 125 Å². The highest BCUT2D eigenvalue weighted by atomic mass is 19.1. The number of carbonyl (C=O) groups excluding carboxylic acids is 1. The van der Waals surface area contributed by atoms with Gasteiger partial charge in [0.25, 0.3) is 0 Å². The van der Waals surface area contributed by atoms with E-state index in [0.717, 1.165) is 25.6 Å². The van der Waals surface area contributed by atoms with Crippen molar-refractivity contribution in [2.24, 2.45) is 0 Å². The molecule has 0 atom stereocenters. The second-order valence-electron chi connectivity index (χ2n) is 5.00. The highest BCUT2D eigenvalue weighted by Crippen LogP contribution is 2.17. The summed E-state index contributed by atoms with van der Waals surface area (Å²) in [6.45, 7) is 5.37. The predicted octanol–water partition coefficient (Wildman–Crippen LogP) is 1.74. The molecule has 0 bridgehead atoms. The second kappa shape index (κ2) is 8.39. The van der Waals surface area contributed by atoms with Crippen LogP contribution in [0.1, 0.15) is 26.7 Å². The number of anilines is 2. The molecule has 7 heteroatoms. The highest BCUT2D eigenvalue weighted by molar-refractivity contribution is 5.80. The number of nitrogens with zero attached hydrogens (tertiary/aromatic N) is 4. The van der Waals surface area contributed by atoms with E-state index >= 15 is 0 Å². The summed E-state index contributed by atoms with van der Waals surface area (Å²) in [6.07, 6.45) is 2.86. The number of rotatable bonds is 8. The molecule has 0 fully saturated rings. The lowest BCUT2D eigenvalue weighted by atomic mass is 10.3. The quantitative estimate of drug-likeness (QED) is 0.792. The van der Waals surface area contributed by atoms with Crippen molar-refractivity contribution in [3.63, 3.8) is 0 Å². The normalized spacial score (nSPS) is 10.3. The van der Waals surface area contributed by atoms with E-state index in [1.165, 1.54) is 4.90 Å². The molecule has 0 aromatic carbocycles. The summed E-state index contributed by atoms with van der Waals surface area (Å²) < 4.78 is 14.0. The number of hydrogen-bond acceptors (Lipinski definition) is 5. The molecule has 1 aromatic heterocycles. The van der Waals surface area contributed by atoms with Crippen LogP contribution in [0.4, 0.5) is 16.2 Å². The summed E-state index contributed by atoms with van der Waals surface area (Å²) in [6, 6.07) is 0. The van der Waals surface area contributed by atoms with Crippen LogP contribution in [0, 0.1) is 5.82 Å². The van der Waals surface area contributed by atoms with Crippen LogP contribution in [-0.2, 0) is 4.79 Å². The molecule has 0 saturated carbocycles. The van der Waals surface area contributed by atoms with Gasteiger partial charge in [-0.05, 0) is 12.8 Å². The summed E-state index contributed by atoms with van der Waals surface area (Å²) in [7, 11) is 3.36. The standard InChI is InChI=1S/C14H24FN5O/c1-5-7-16-14-17-9-11(15)13(18-14)20(8-6-2)10-12(21)19(3)4/h9H,5-8,10H2,1-4H3,(H,16,17,18). The Kier molecular flexibility index (Phi) is 6.84. The van der Waals surface area contributed by atoms with Gasteiger partial charge in [-0.2, -0.15) is 4.98 Å². The topological polar surface area (TPSA) is 61.4 Å². The minimum absolute atomic E-state index is 0.0930. The fourth-order valence-electron chi connectivity index (χ4n) is 1.74. The molecule has 0 saturated heterocycles. The van der Waals surface area contributed by atoms with Gasteiger partial charge in [0.05, 0.1) is 12.7 Å². The van der Waals surface area contributed by atoms with Crippen LogP contribution in [0.15, 0.2) is 6.20 Å². The summed E-state index contributed by atoms with van der Waals surface area (Å²) in [4.78, 5) is 23.1. The Hall–Kier alpha value is -1.92. The zero-order chi connectivity index (χ0) is 15.8. The zero-order valence-electron chi connectivity index (χ0n) is 13.2. The van der Waals surface area contributed by atoms with Gasteiger partial charge in [0.2, 0.25) is 11.9 Å². The fourth-order valence-corrected chi connectivity index (χ4v) is 1.74. The van der Waals surface area contributed by atoms with Gasteiger partial charge in [-0.25, -0.2) is 9.37 Å². The molecule has 1 aromatic rings. The molecular weight excluding hydrogens is 273 g/mol. The average Bonchev–Trinajstić information content (AvgIpc) is 2.45. The monoisotopic (exact) mass is 297 g/mol. The van der Waals surface area contributed by atoms with Crippen LogP contribution in [0.25, 0.3) is 0 Å². The lowest BCUT2D eigenvalue weighted by Crippen LogP contribution is -2.38. The Bertz CT molecular complexity index is 467. The lowest BCUT2D eigenvalue weighted by molar-refractivity contribution is -0.127. The maximum absolute atomic E-state index is 14.0. The zero-order valence-corrected chi connectivity index (χ0v) is 13.2. The van der Waals surface area contributed by atoms with Gasteiger partial charge in [0, 0.05) is 27.2 Å². The third kappa shape index (κ3) is 5.17. The Balaban J connectivity index is 2.97. The van der Waals surface area contributed by atoms with E-state index in [1.807, 2.05) is 13.8 Å². The molecule has 0 aliphatic rings. The molecule has 0 aliphatic carbocycles. The van der Waals surface area contributed by atoms with Crippen LogP contribution in [0.3, 0.4) is 0 Å². The first-order chi connectivity index (χ1) is 9.99. The van der Waals surface area contributed by atoms with Gasteiger partial charge in [-0.3, -0.25) is 4.79 Å². The largest absolute Gasteiger partial charge is 0.354 e. The number of hydrogen-bond donors (Lipinski definition) is 1. The van der Waals surface area contributed by atoms with Crippen LogP contribution in [0.2, 0.25) is 0 Å². The van der Waals surface area contributed by atoms with Gasteiger partial charge < -0.3 is 15.1 Å². The number of carbonyl (C=O) groups is 1. The van der Waals surface area contributed by atoms with E-state index in [-0.39, 0.29) is 18.3 Å². The van der Waals surface area contributed by atoms with E-state index in [0.29, 0.717) is 12.5 Å². The molecule has 1 N–H and O–H groups in total. The van der Waals surface area contributed by atoms with Crippen LogP contribution >= 0.6 is 0 Å². The summed E-state index contributed by atoms with van der Waals surface area (Å²) in [5, 5.41) is 3.02. The molecule has 1 amide bonds. The second-order valence-corrected chi connectivity index (χ2v) is 5.00. The minimum atomic E-state index is -0.517. The van der Waals surface area contributed by atoms with Gasteiger partial charge in [0.1, 0.15) is 0 Å². The van der Waals surface area contributed by atoms with E-state index in [4.69, 9.17) is 0 Å². The van der Waals surface area contributed by atoms with Crippen molar-refractivity contribution in [3.05, 3.63) is 12.0 Å². The van der Waals surface area contributed by atoms with E-state index in [2.05, 4.69) is 15.3 Å². The number of aromatic nitrogens is 2. The maximum atomic E-state index is 14.0. The average molecular weight is 297 g/mol. The van der Waals surface area contributed by atoms with E-state index in [9.17, 15) is 9.18 Å². The minimum Gasteiger partial charge on any atom is -0.354 e. The van der Waals surface area contributed by atoms with E-state index < -0.39 is 5.82 Å². The summed E-state index contributed by atoms with van der Waals surface area (Å²) in [5.41, 5.74) is 0. The van der Waals surface area contributed by atoms with Crippen molar-refractivity contribution in [3.8, 4) is 0 Å². The molecule has 118 valence electrons. The SMILES string of the molecule is CCCNc1ncc(F)c(N(CCC)CC(=O)N(C)C)n1. The molecule has 0 spiro atoms. The molecule has 0 radical (unpaired) electrons. The predicted molar refractivity (Wildman–Crippen MR) is 82.0 cm³/mol. The van der Waals surface area contributed by atoms with Gasteiger partial charge >= 0.3 is 0 Å². The molecule has 6 nitrogen and oxygen atoms in total. The molecular formula is C14H24FN5O. The van der Waals surface area contributed by atoms with Crippen LogP contribution in [-0.4, -0.2) is 54.5 Å².